The minimum absolute atomic E-state index is 0.992. The molecule has 1 aliphatic heterocycles. The van der Waals surface area contributed by atoms with Crippen molar-refractivity contribution in [1.29, 1.82) is 0 Å². The summed E-state index contributed by atoms with van der Waals surface area (Å²) in [4.78, 5) is 8.89. The van der Waals surface area contributed by atoms with Gasteiger partial charge >= 0.3 is 0 Å². The molecule has 0 unspecified atom stereocenters. The van der Waals surface area contributed by atoms with Gasteiger partial charge in [0.2, 0.25) is 0 Å². The zero-order valence-corrected chi connectivity index (χ0v) is 8.66. The minimum atomic E-state index is 0.992. The number of nitrogens with zero attached hydrogens (tertiary/aromatic N) is 2. The lowest BCUT2D eigenvalue weighted by Crippen LogP contribution is -1.98. The first-order valence-corrected chi connectivity index (χ1v) is 5.39. The monoisotopic (exact) mass is 188 g/mol. The van der Waals surface area contributed by atoms with Crippen molar-refractivity contribution >= 4 is 5.71 Å². The first kappa shape index (κ1) is 9.38. The molecule has 1 aromatic rings. The lowest BCUT2D eigenvalue weighted by atomic mass is 10.1. The Hall–Kier alpha value is -1.18. The van der Waals surface area contributed by atoms with Crippen LogP contribution in [-0.2, 0) is 6.42 Å². The lowest BCUT2D eigenvalue weighted by Gasteiger charge is -2.01. The predicted octanol–water partition coefficient (Wildman–Crippen LogP) is 2.62. The largest absolute Gasteiger partial charge is 0.289 e. The van der Waals surface area contributed by atoms with E-state index in [-0.39, 0.29) is 0 Å². The normalized spacial score (nSPS) is 15.6. The fourth-order valence-electron chi connectivity index (χ4n) is 1.77. The third-order valence-electron chi connectivity index (χ3n) is 2.54. The Morgan fingerprint density at radius 2 is 2.29 bits per heavy atom. The van der Waals surface area contributed by atoms with Crippen molar-refractivity contribution in [3.63, 3.8) is 0 Å². The Morgan fingerprint density at radius 1 is 1.36 bits per heavy atom. The number of pyridine rings is 1. The summed E-state index contributed by atoms with van der Waals surface area (Å²) in [5.74, 6) is 0. The van der Waals surface area contributed by atoms with E-state index in [4.69, 9.17) is 0 Å². The Morgan fingerprint density at radius 3 is 2.86 bits per heavy atom. The number of hydrogen-bond acceptors (Lipinski definition) is 2. The molecule has 0 N–H and O–H groups in total. The van der Waals surface area contributed by atoms with Crippen LogP contribution in [0.1, 0.15) is 37.4 Å². The molecule has 0 radical (unpaired) electrons. The van der Waals surface area contributed by atoms with Gasteiger partial charge in [-0.1, -0.05) is 13.3 Å². The second-order valence-electron chi connectivity index (χ2n) is 3.72. The van der Waals surface area contributed by atoms with Crippen LogP contribution in [0, 0.1) is 0 Å². The molecule has 74 valence electrons. The minimum Gasteiger partial charge on any atom is -0.289 e. The number of rotatable bonds is 3. The molecule has 2 heteroatoms. The van der Waals surface area contributed by atoms with Crippen molar-refractivity contribution in [2.24, 2.45) is 4.99 Å². The zero-order chi connectivity index (χ0) is 9.80. The quantitative estimate of drug-likeness (QED) is 0.715. The van der Waals surface area contributed by atoms with Crippen molar-refractivity contribution in [3.8, 4) is 0 Å². The Labute approximate surface area is 85.1 Å². The van der Waals surface area contributed by atoms with E-state index in [2.05, 4.69) is 29.0 Å². The molecule has 0 spiro atoms. The van der Waals surface area contributed by atoms with Gasteiger partial charge in [-0.25, -0.2) is 0 Å². The first-order valence-electron chi connectivity index (χ1n) is 5.39. The third kappa shape index (κ3) is 2.00. The standard InChI is InChI=1S/C12H16N2/c1-2-4-11-7-6-10(9-14-11)12-5-3-8-13-12/h6-7,9H,2-5,8H2,1H3. The molecule has 0 aliphatic carbocycles. The van der Waals surface area contributed by atoms with Crippen LogP contribution in [0.5, 0.6) is 0 Å². The highest BCUT2D eigenvalue weighted by Crippen LogP contribution is 2.12. The van der Waals surface area contributed by atoms with Gasteiger partial charge in [-0.3, -0.25) is 9.98 Å². The van der Waals surface area contributed by atoms with Crippen LogP contribution in [0.25, 0.3) is 0 Å². The molecular weight excluding hydrogens is 172 g/mol. The lowest BCUT2D eigenvalue weighted by molar-refractivity contribution is 0.882. The maximum atomic E-state index is 4.46. The van der Waals surface area contributed by atoms with E-state index in [1.54, 1.807) is 0 Å². The summed E-state index contributed by atoms with van der Waals surface area (Å²) >= 11 is 0. The number of aliphatic imine (C=N–C) groups is 1. The van der Waals surface area contributed by atoms with E-state index in [1.807, 2.05) is 6.20 Å². The average molecular weight is 188 g/mol. The molecule has 0 amide bonds. The van der Waals surface area contributed by atoms with Crippen LogP contribution in [0.3, 0.4) is 0 Å². The smallest absolute Gasteiger partial charge is 0.0436 e. The summed E-state index contributed by atoms with van der Waals surface area (Å²) in [6.07, 6.45) is 6.52. The predicted molar refractivity (Wildman–Crippen MR) is 58.9 cm³/mol. The van der Waals surface area contributed by atoms with E-state index >= 15 is 0 Å². The van der Waals surface area contributed by atoms with Gasteiger partial charge in [-0.15, -0.1) is 0 Å². The Balaban J connectivity index is 2.13. The fraction of sp³-hybridized carbons (Fsp3) is 0.500. The van der Waals surface area contributed by atoms with Crippen molar-refractivity contribution in [3.05, 3.63) is 29.6 Å². The Kier molecular flexibility index (Phi) is 2.92. The van der Waals surface area contributed by atoms with Crippen molar-refractivity contribution in [2.45, 2.75) is 32.6 Å². The SMILES string of the molecule is CCCc1ccc(C2=NCCC2)cn1. The van der Waals surface area contributed by atoms with Crippen molar-refractivity contribution in [1.82, 2.24) is 4.98 Å². The second kappa shape index (κ2) is 4.36. The van der Waals surface area contributed by atoms with Crippen LogP contribution < -0.4 is 0 Å². The summed E-state index contributed by atoms with van der Waals surface area (Å²) in [6, 6.07) is 4.28. The molecule has 2 nitrogen and oxygen atoms in total. The van der Waals surface area contributed by atoms with Gasteiger partial charge in [0, 0.05) is 29.7 Å². The molecule has 2 rings (SSSR count). The number of hydrogen-bond donors (Lipinski definition) is 0. The second-order valence-corrected chi connectivity index (χ2v) is 3.72. The summed E-state index contributed by atoms with van der Waals surface area (Å²) in [7, 11) is 0. The van der Waals surface area contributed by atoms with E-state index in [9.17, 15) is 0 Å². The fourth-order valence-corrected chi connectivity index (χ4v) is 1.77. The zero-order valence-electron chi connectivity index (χ0n) is 8.66. The maximum absolute atomic E-state index is 4.46. The van der Waals surface area contributed by atoms with E-state index in [1.165, 1.54) is 23.4 Å². The summed E-state index contributed by atoms with van der Waals surface area (Å²) < 4.78 is 0. The van der Waals surface area contributed by atoms with Crippen LogP contribution in [-0.4, -0.2) is 17.2 Å². The molecule has 1 aromatic heterocycles. The molecule has 2 heterocycles. The summed E-state index contributed by atoms with van der Waals surface area (Å²) in [5.41, 5.74) is 3.64. The van der Waals surface area contributed by atoms with Crippen LogP contribution in [0.15, 0.2) is 23.3 Å². The molecule has 0 fully saturated rings. The highest BCUT2D eigenvalue weighted by atomic mass is 14.8. The van der Waals surface area contributed by atoms with Crippen LogP contribution in [0.4, 0.5) is 0 Å². The van der Waals surface area contributed by atoms with Crippen molar-refractivity contribution in [2.75, 3.05) is 6.54 Å². The van der Waals surface area contributed by atoms with Gasteiger partial charge in [0.05, 0.1) is 0 Å². The third-order valence-corrected chi connectivity index (χ3v) is 2.54. The summed E-state index contributed by atoms with van der Waals surface area (Å²) in [6.45, 7) is 3.17. The molecular formula is C12H16N2. The maximum Gasteiger partial charge on any atom is 0.0436 e. The summed E-state index contributed by atoms with van der Waals surface area (Å²) in [5, 5.41) is 0. The van der Waals surface area contributed by atoms with Gasteiger partial charge in [0.25, 0.3) is 0 Å². The highest BCUT2D eigenvalue weighted by Gasteiger charge is 2.08. The van der Waals surface area contributed by atoms with Gasteiger partial charge in [0.15, 0.2) is 0 Å². The Bertz CT molecular complexity index is 325. The van der Waals surface area contributed by atoms with E-state index in [0.29, 0.717) is 0 Å². The average Bonchev–Trinajstić information content (AvgIpc) is 2.72. The molecule has 0 aromatic carbocycles. The topological polar surface area (TPSA) is 25.2 Å². The van der Waals surface area contributed by atoms with Gasteiger partial charge < -0.3 is 0 Å². The molecule has 1 aliphatic rings. The van der Waals surface area contributed by atoms with Crippen LogP contribution in [0.2, 0.25) is 0 Å². The van der Waals surface area contributed by atoms with E-state index in [0.717, 1.165) is 25.8 Å². The number of aryl methyl sites for hydroxylation is 1. The molecule has 0 saturated carbocycles. The molecule has 14 heavy (non-hydrogen) atoms. The molecule has 0 saturated heterocycles. The van der Waals surface area contributed by atoms with Gasteiger partial charge in [-0.05, 0) is 31.4 Å². The van der Waals surface area contributed by atoms with Gasteiger partial charge in [-0.2, -0.15) is 0 Å². The first-order chi connectivity index (χ1) is 6.90. The van der Waals surface area contributed by atoms with Crippen LogP contribution >= 0.6 is 0 Å². The van der Waals surface area contributed by atoms with Crippen molar-refractivity contribution < 1.29 is 0 Å². The van der Waals surface area contributed by atoms with Gasteiger partial charge in [0.1, 0.15) is 0 Å². The molecule has 0 bridgehead atoms. The number of aromatic nitrogens is 1. The highest BCUT2D eigenvalue weighted by molar-refractivity contribution is 6.01. The van der Waals surface area contributed by atoms with E-state index < -0.39 is 0 Å². The molecule has 0 atom stereocenters.